The van der Waals surface area contributed by atoms with E-state index in [0.717, 1.165) is 22.1 Å². The molecular formula is C21H22ClNO4. The van der Waals surface area contributed by atoms with Gasteiger partial charge < -0.3 is 13.9 Å². The highest BCUT2D eigenvalue weighted by atomic mass is 35.5. The van der Waals surface area contributed by atoms with Crippen LogP contribution >= 0.6 is 11.6 Å². The topological polar surface area (TPSA) is 51.9 Å². The molecule has 0 radical (unpaired) electrons. The van der Waals surface area contributed by atoms with Gasteiger partial charge in [-0.25, -0.2) is 4.79 Å². The van der Waals surface area contributed by atoms with Crippen LogP contribution in [0.3, 0.4) is 0 Å². The van der Waals surface area contributed by atoms with E-state index in [1.807, 2.05) is 38.2 Å². The summed E-state index contributed by atoms with van der Waals surface area (Å²) in [5, 5.41) is 1.49. The first-order valence-electron chi connectivity index (χ1n) is 8.54. The summed E-state index contributed by atoms with van der Waals surface area (Å²) in [4.78, 5) is 14.1. The van der Waals surface area contributed by atoms with E-state index in [-0.39, 0.29) is 5.63 Å². The summed E-state index contributed by atoms with van der Waals surface area (Å²) >= 11 is 6.27. The maximum Gasteiger partial charge on any atom is 0.336 e. The first kappa shape index (κ1) is 19.3. The highest BCUT2D eigenvalue weighted by Gasteiger charge is 2.14. The van der Waals surface area contributed by atoms with Crippen molar-refractivity contribution >= 4 is 22.6 Å². The molecule has 5 nitrogen and oxygen atoms in total. The monoisotopic (exact) mass is 387 g/mol. The molecule has 0 atom stereocenters. The molecule has 0 aliphatic rings. The SMILES string of the molecule is COc1cccc(CN(C)Cc2cc(=O)oc3cc(C)c(Cl)cc23)c1OC. The third-order valence-corrected chi connectivity index (χ3v) is 4.88. The van der Waals surface area contributed by atoms with Gasteiger partial charge in [0.25, 0.3) is 0 Å². The van der Waals surface area contributed by atoms with Crippen LogP contribution in [-0.2, 0) is 13.1 Å². The van der Waals surface area contributed by atoms with Crippen LogP contribution in [0.25, 0.3) is 11.0 Å². The lowest BCUT2D eigenvalue weighted by atomic mass is 10.1. The van der Waals surface area contributed by atoms with E-state index in [1.165, 1.54) is 6.07 Å². The van der Waals surface area contributed by atoms with Gasteiger partial charge in [-0.15, -0.1) is 0 Å². The molecule has 6 heteroatoms. The van der Waals surface area contributed by atoms with Crippen molar-refractivity contribution in [3.05, 3.63) is 68.5 Å². The predicted octanol–water partition coefficient (Wildman–Crippen LogP) is 4.40. The number of benzene rings is 2. The first-order chi connectivity index (χ1) is 12.9. The molecule has 0 fully saturated rings. The summed E-state index contributed by atoms with van der Waals surface area (Å²) < 4.78 is 16.2. The number of rotatable bonds is 6. The van der Waals surface area contributed by atoms with Crippen molar-refractivity contribution in [1.82, 2.24) is 4.90 Å². The van der Waals surface area contributed by atoms with Crippen LogP contribution in [0.15, 0.2) is 45.6 Å². The molecule has 27 heavy (non-hydrogen) atoms. The lowest BCUT2D eigenvalue weighted by molar-refractivity contribution is 0.303. The zero-order chi connectivity index (χ0) is 19.6. The molecule has 0 spiro atoms. The summed E-state index contributed by atoms with van der Waals surface area (Å²) in [6.45, 7) is 3.07. The summed E-state index contributed by atoms with van der Waals surface area (Å²) in [5.41, 5.74) is 2.92. The van der Waals surface area contributed by atoms with E-state index in [0.29, 0.717) is 35.2 Å². The second kappa shape index (κ2) is 8.03. The van der Waals surface area contributed by atoms with Crippen molar-refractivity contribution in [2.24, 2.45) is 0 Å². The Bertz CT molecular complexity index is 1030. The Morgan fingerprint density at radius 2 is 1.81 bits per heavy atom. The van der Waals surface area contributed by atoms with Gasteiger partial charge in [0.1, 0.15) is 5.58 Å². The Kier molecular flexibility index (Phi) is 5.73. The van der Waals surface area contributed by atoms with Gasteiger partial charge in [0.2, 0.25) is 0 Å². The molecule has 3 rings (SSSR count). The smallest absolute Gasteiger partial charge is 0.336 e. The summed E-state index contributed by atoms with van der Waals surface area (Å²) in [7, 11) is 5.23. The van der Waals surface area contributed by atoms with E-state index in [9.17, 15) is 4.79 Å². The van der Waals surface area contributed by atoms with E-state index in [1.54, 1.807) is 20.3 Å². The summed E-state index contributed by atoms with van der Waals surface area (Å²) in [6.07, 6.45) is 0. The number of ether oxygens (including phenoxy) is 2. The lowest BCUT2D eigenvalue weighted by Crippen LogP contribution is -2.19. The van der Waals surface area contributed by atoms with Gasteiger partial charge in [-0.1, -0.05) is 23.7 Å². The molecule has 0 saturated heterocycles. The second-order valence-corrected chi connectivity index (χ2v) is 6.92. The van der Waals surface area contributed by atoms with Crippen LogP contribution in [0.5, 0.6) is 11.5 Å². The first-order valence-corrected chi connectivity index (χ1v) is 8.92. The number of fused-ring (bicyclic) bond motifs is 1. The number of hydrogen-bond donors (Lipinski definition) is 0. The molecule has 0 saturated carbocycles. The van der Waals surface area contributed by atoms with Crippen molar-refractivity contribution in [2.45, 2.75) is 20.0 Å². The average Bonchev–Trinajstić information content (AvgIpc) is 2.63. The summed E-state index contributed by atoms with van der Waals surface area (Å²) in [6, 6.07) is 11.0. The van der Waals surface area contributed by atoms with Gasteiger partial charge in [-0.2, -0.15) is 0 Å². The fraction of sp³-hybridized carbons (Fsp3) is 0.286. The van der Waals surface area contributed by atoms with Gasteiger partial charge in [-0.3, -0.25) is 4.90 Å². The molecular weight excluding hydrogens is 366 g/mol. The molecule has 1 aromatic heterocycles. The number of methoxy groups -OCH3 is 2. The highest BCUT2D eigenvalue weighted by Crippen LogP contribution is 2.32. The van der Waals surface area contributed by atoms with E-state index >= 15 is 0 Å². The zero-order valence-corrected chi connectivity index (χ0v) is 16.6. The number of hydrogen-bond acceptors (Lipinski definition) is 5. The van der Waals surface area contributed by atoms with Crippen molar-refractivity contribution in [2.75, 3.05) is 21.3 Å². The normalized spacial score (nSPS) is 11.2. The minimum Gasteiger partial charge on any atom is -0.493 e. The van der Waals surface area contributed by atoms with Crippen LogP contribution in [0.2, 0.25) is 5.02 Å². The molecule has 0 N–H and O–H groups in total. The quantitative estimate of drug-likeness (QED) is 0.586. The van der Waals surface area contributed by atoms with Crippen LogP contribution in [0.1, 0.15) is 16.7 Å². The molecule has 0 amide bonds. The summed E-state index contributed by atoms with van der Waals surface area (Å²) in [5.74, 6) is 1.40. The Labute approximate surface area is 163 Å². The Balaban J connectivity index is 1.92. The largest absolute Gasteiger partial charge is 0.493 e. The predicted molar refractivity (Wildman–Crippen MR) is 107 cm³/mol. The van der Waals surface area contributed by atoms with Crippen LogP contribution in [0, 0.1) is 6.92 Å². The van der Waals surface area contributed by atoms with Gasteiger partial charge in [-0.05, 0) is 43.3 Å². The van der Waals surface area contributed by atoms with Gasteiger partial charge >= 0.3 is 5.63 Å². The van der Waals surface area contributed by atoms with Crippen molar-refractivity contribution in [1.29, 1.82) is 0 Å². The molecule has 2 aromatic carbocycles. The van der Waals surface area contributed by atoms with Crippen LogP contribution < -0.4 is 15.1 Å². The molecule has 0 unspecified atom stereocenters. The zero-order valence-electron chi connectivity index (χ0n) is 15.8. The second-order valence-electron chi connectivity index (χ2n) is 6.51. The minimum absolute atomic E-state index is 0.369. The minimum atomic E-state index is -0.369. The molecule has 142 valence electrons. The Morgan fingerprint density at radius 1 is 1.07 bits per heavy atom. The lowest BCUT2D eigenvalue weighted by Gasteiger charge is -2.20. The maximum absolute atomic E-state index is 12.0. The third kappa shape index (κ3) is 4.10. The van der Waals surface area contributed by atoms with Gasteiger partial charge in [0, 0.05) is 35.1 Å². The molecule has 0 aliphatic heterocycles. The van der Waals surface area contributed by atoms with E-state index < -0.39 is 0 Å². The van der Waals surface area contributed by atoms with E-state index in [2.05, 4.69) is 4.90 Å². The molecule has 0 aliphatic carbocycles. The Hall–Kier alpha value is -2.50. The molecule has 3 aromatic rings. The van der Waals surface area contributed by atoms with Crippen molar-refractivity contribution in [3.63, 3.8) is 0 Å². The fourth-order valence-corrected chi connectivity index (χ4v) is 3.36. The van der Waals surface area contributed by atoms with E-state index in [4.69, 9.17) is 25.5 Å². The van der Waals surface area contributed by atoms with Crippen LogP contribution in [-0.4, -0.2) is 26.2 Å². The average molecular weight is 388 g/mol. The number of halogens is 1. The number of aryl methyl sites for hydroxylation is 1. The highest BCUT2D eigenvalue weighted by molar-refractivity contribution is 6.32. The van der Waals surface area contributed by atoms with Crippen molar-refractivity contribution in [3.8, 4) is 11.5 Å². The fourth-order valence-electron chi connectivity index (χ4n) is 3.19. The van der Waals surface area contributed by atoms with Gasteiger partial charge in [0.05, 0.1) is 14.2 Å². The third-order valence-electron chi connectivity index (χ3n) is 4.47. The molecule has 0 bridgehead atoms. The maximum atomic E-state index is 12.0. The Morgan fingerprint density at radius 3 is 2.52 bits per heavy atom. The standard InChI is InChI=1S/C21H22ClNO4/c1-13-8-19-16(10-17(13)22)15(9-20(24)27-19)12-23(2)11-14-6-5-7-18(25-3)21(14)26-4/h5-10H,11-12H2,1-4H3. The molecule has 1 heterocycles. The van der Waals surface area contributed by atoms with Gasteiger partial charge in [0.15, 0.2) is 11.5 Å². The number of para-hydroxylation sites is 1. The number of nitrogens with zero attached hydrogens (tertiary/aromatic N) is 1. The van der Waals surface area contributed by atoms with Crippen molar-refractivity contribution < 1.29 is 13.9 Å². The van der Waals surface area contributed by atoms with Crippen LogP contribution in [0.4, 0.5) is 0 Å².